The number of nitrogens with one attached hydrogen (secondary N) is 1. The van der Waals surface area contributed by atoms with Crippen molar-refractivity contribution < 1.29 is 18.4 Å². The number of benzene rings is 1. The Morgan fingerprint density at radius 2 is 2.11 bits per heavy atom. The Morgan fingerprint density at radius 1 is 1.47 bits per heavy atom. The van der Waals surface area contributed by atoms with E-state index in [0.29, 0.717) is 6.54 Å². The van der Waals surface area contributed by atoms with Crippen LogP contribution < -0.4 is 4.72 Å². The summed E-state index contributed by atoms with van der Waals surface area (Å²) in [4.78, 5) is 9.61. The zero-order valence-electron chi connectivity index (χ0n) is 10.3. The highest BCUT2D eigenvalue weighted by Crippen LogP contribution is 2.44. The zero-order valence-corrected chi connectivity index (χ0v) is 11.1. The quantitative estimate of drug-likeness (QED) is 0.627. The maximum Gasteiger partial charge on any atom is 0.312 e. The summed E-state index contributed by atoms with van der Waals surface area (Å²) in [6.07, 6.45) is 1.93. The molecule has 1 aromatic rings. The first kappa shape index (κ1) is 13.8. The number of sulfonamides is 1. The number of rotatable bonds is 5. The molecule has 0 aliphatic heterocycles. The van der Waals surface area contributed by atoms with Crippen LogP contribution in [0, 0.1) is 15.5 Å². The minimum absolute atomic E-state index is 0.00404. The molecule has 1 fully saturated rings. The second-order valence-corrected chi connectivity index (χ2v) is 6.81. The average molecular weight is 286 g/mol. The Labute approximate surface area is 110 Å². The lowest BCUT2D eigenvalue weighted by molar-refractivity contribution is -0.386. The number of nitro groups is 1. The number of hydrogen-bond acceptors (Lipinski definition) is 5. The lowest BCUT2D eigenvalue weighted by atomic mass is 10.2. The third-order valence-corrected chi connectivity index (χ3v) is 4.65. The summed E-state index contributed by atoms with van der Waals surface area (Å²) in [5, 5.41) is 19.9. The second-order valence-electron chi connectivity index (χ2n) is 5.04. The summed E-state index contributed by atoms with van der Waals surface area (Å²) in [5.41, 5.74) is -0.629. The molecule has 0 unspecified atom stereocenters. The summed E-state index contributed by atoms with van der Waals surface area (Å²) in [5.74, 6) is -0.557. The number of nitrogens with zero attached hydrogens (tertiary/aromatic N) is 1. The van der Waals surface area contributed by atoms with E-state index in [1.807, 2.05) is 6.92 Å². The highest BCUT2D eigenvalue weighted by Gasteiger charge is 2.38. The van der Waals surface area contributed by atoms with Crippen LogP contribution >= 0.6 is 0 Å². The van der Waals surface area contributed by atoms with Gasteiger partial charge in [-0.2, -0.15) is 0 Å². The van der Waals surface area contributed by atoms with Crippen LogP contribution in [0.15, 0.2) is 23.1 Å². The van der Waals surface area contributed by atoms with E-state index in [2.05, 4.69) is 4.72 Å². The van der Waals surface area contributed by atoms with Gasteiger partial charge in [-0.05, 0) is 30.4 Å². The molecular weight excluding hydrogens is 272 g/mol. The van der Waals surface area contributed by atoms with Gasteiger partial charge < -0.3 is 5.11 Å². The predicted octanol–water partition coefficient (Wildman–Crippen LogP) is 1.38. The van der Waals surface area contributed by atoms with Crippen molar-refractivity contribution in [1.82, 2.24) is 4.72 Å². The lowest BCUT2D eigenvalue weighted by Crippen LogP contribution is -2.29. The summed E-state index contributed by atoms with van der Waals surface area (Å²) in [7, 11) is -3.79. The molecule has 2 rings (SSSR count). The van der Waals surface area contributed by atoms with Crippen LogP contribution in [-0.4, -0.2) is 25.0 Å². The first-order valence-corrected chi connectivity index (χ1v) is 7.19. The zero-order chi connectivity index (χ0) is 14.3. The Hall–Kier alpha value is -1.67. The monoisotopic (exact) mass is 286 g/mol. The van der Waals surface area contributed by atoms with E-state index in [0.717, 1.165) is 31.0 Å². The molecule has 0 heterocycles. The fraction of sp³-hybridized carbons (Fsp3) is 0.455. The number of phenolic OH excluding ortho intramolecular Hbond substituents is 1. The Morgan fingerprint density at radius 3 is 2.63 bits per heavy atom. The first-order valence-electron chi connectivity index (χ1n) is 5.71. The van der Waals surface area contributed by atoms with E-state index < -0.39 is 26.4 Å². The van der Waals surface area contributed by atoms with E-state index in [-0.39, 0.29) is 10.3 Å². The molecule has 2 N–H and O–H groups in total. The summed E-state index contributed by atoms with van der Waals surface area (Å²) < 4.78 is 26.4. The Bertz CT molecular complexity index is 622. The van der Waals surface area contributed by atoms with Gasteiger partial charge in [0, 0.05) is 12.6 Å². The number of nitro benzene ring substituents is 1. The van der Waals surface area contributed by atoms with Gasteiger partial charge in [0.15, 0.2) is 5.75 Å². The molecule has 8 heteroatoms. The largest absolute Gasteiger partial charge is 0.502 e. The highest BCUT2D eigenvalue weighted by molar-refractivity contribution is 7.89. The third kappa shape index (κ3) is 3.02. The van der Waals surface area contributed by atoms with Gasteiger partial charge in [0.05, 0.1) is 9.82 Å². The molecule has 1 saturated carbocycles. The van der Waals surface area contributed by atoms with E-state index in [4.69, 9.17) is 0 Å². The topological polar surface area (TPSA) is 110 Å². The van der Waals surface area contributed by atoms with Crippen LogP contribution in [0.3, 0.4) is 0 Å². The molecule has 0 spiro atoms. The first-order chi connectivity index (χ1) is 8.73. The van der Waals surface area contributed by atoms with Gasteiger partial charge in [0.2, 0.25) is 10.0 Å². The minimum Gasteiger partial charge on any atom is -0.502 e. The van der Waals surface area contributed by atoms with Crippen molar-refractivity contribution in [2.45, 2.75) is 24.7 Å². The molecule has 0 radical (unpaired) electrons. The van der Waals surface area contributed by atoms with Crippen LogP contribution in [0.25, 0.3) is 0 Å². The van der Waals surface area contributed by atoms with Gasteiger partial charge >= 0.3 is 5.69 Å². The molecule has 7 nitrogen and oxygen atoms in total. The summed E-state index contributed by atoms with van der Waals surface area (Å²) in [6.45, 7) is 2.28. The maximum atomic E-state index is 12.0. The Balaban J connectivity index is 2.24. The van der Waals surface area contributed by atoms with Crippen molar-refractivity contribution in [3.05, 3.63) is 28.3 Å². The fourth-order valence-electron chi connectivity index (χ4n) is 1.56. The van der Waals surface area contributed by atoms with Gasteiger partial charge in [-0.1, -0.05) is 6.92 Å². The second kappa shape index (κ2) is 4.46. The standard InChI is InChI=1S/C11H14N2O5S/c1-11(4-5-11)7-12-19(17,18)8-2-3-10(14)9(6-8)13(15)16/h2-3,6,12,14H,4-5,7H2,1H3. The van der Waals surface area contributed by atoms with Crippen LogP contribution in [0.5, 0.6) is 5.75 Å². The van der Waals surface area contributed by atoms with E-state index in [1.54, 1.807) is 0 Å². The van der Waals surface area contributed by atoms with Gasteiger partial charge in [-0.3, -0.25) is 10.1 Å². The van der Waals surface area contributed by atoms with Crippen LogP contribution in [0.2, 0.25) is 0 Å². The van der Waals surface area contributed by atoms with Crippen molar-refractivity contribution in [2.24, 2.45) is 5.41 Å². The van der Waals surface area contributed by atoms with Gasteiger partial charge in [-0.15, -0.1) is 0 Å². The van der Waals surface area contributed by atoms with Gasteiger partial charge in [0.1, 0.15) is 0 Å². The molecule has 0 bridgehead atoms. The fourth-order valence-corrected chi connectivity index (χ4v) is 2.78. The summed E-state index contributed by atoms with van der Waals surface area (Å²) in [6, 6.07) is 3.00. The van der Waals surface area contributed by atoms with Crippen LogP contribution in [0.4, 0.5) is 5.69 Å². The van der Waals surface area contributed by atoms with Gasteiger partial charge in [-0.25, -0.2) is 13.1 Å². The van der Waals surface area contributed by atoms with Crippen molar-refractivity contribution in [3.63, 3.8) is 0 Å². The molecule has 19 heavy (non-hydrogen) atoms. The van der Waals surface area contributed by atoms with E-state index in [1.165, 1.54) is 0 Å². The molecule has 1 aliphatic rings. The van der Waals surface area contributed by atoms with E-state index >= 15 is 0 Å². The normalized spacial score (nSPS) is 17.1. The van der Waals surface area contributed by atoms with Gasteiger partial charge in [0.25, 0.3) is 0 Å². The molecule has 104 valence electrons. The third-order valence-electron chi connectivity index (χ3n) is 3.25. The summed E-state index contributed by atoms with van der Waals surface area (Å²) >= 11 is 0. The molecule has 0 saturated heterocycles. The van der Waals surface area contributed by atoms with Crippen molar-refractivity contribution in [1.29, 1.82) is 0 Å². The number of hydrogen-bond donors (Lipinski definition) is 2. The molecular formula is C11H14N2O5S. The molecule has 0 atom stereocenters. The maximum absolute atomic E-state index is 12.0. The van der Waals surface area contributed by atoms with Crippen LogP contribution in [-0.2, 0) is 10.0 Å². The molecule has 0 amide bonds. The van der Waals surface area contributed by atoms with E-state index in [9.17, 15) is 23.6 Å². The Kier molecular flexibility index (Phi) is 3.23. The smallest absolute Gasteiger partial charge is 0.312 e. The SMILES string of the molecule is CC1(CNS(=O)(=O)c2ccc(O)c([N+](=O)[O-])c2)CC1. The highest BCUT2D eigenvalue weighted by atomic mass is 32.2. The van der Waals surface area contributed by atoms with Crippen molar-refractivity contribution in [3.8, 4) is 5.75 Å². The predicted molar refractivity (Wildman–Crippen MR) is 67.3 cm³/mol. The minimum atomic E-state index is -3.79. The molecule has 1 aliphatic carbocycles. The van der Waals surface area contributed by atoms with Crippen molar-refractivity contribution >= 4 is 15.7 Å². The average Bonchev–Trinajstić information content (AvgIpc) is 3.06. The van der Waals surface area contributed by atoms with Crippen LogP contribution in [0.1, 0.15) is 19.8 Å². The number of aromatic hydroxyl groups is 1. The molecule has 1 aromatic carbocycles. The lowest BCUT2D eigenvalue weighted by Gasteiger charge is -2.10. The number of phenols is 1. The van der Waals surface area contributed by atoms with Crippen molar-refractivity contribution in [2.75, 3.05) is 6.54 Å². The molecule has 0 aromatic heterocycles.